The third-order valence-electron chi connectivity index (χ3n) is 5.67. The summed E-state index contributed by atoms with van der Waals surface area (Å²) in [7, 11) is -1.32. The Bertz CT molecular complexity index is 875. The number of likely N-dealkylation sites (tertiary alicyclic amines) is 1. The monoisotopic (exact) mass is 405 g/mol. The molecule has 1 fully saturated rings. The van der Waals surface area contributed by atoms with E-state index in [2.05, 4.69) is 39.8 Å². The van der Waals surface area contributed by atoms with Crippen molar-refractivity contribution in [2.45, 2.75) is 35.9 Å². The average Bonchev–Trinajstić information content (AvgIpc) is 3.34. The number of thiophene rings is 1. The van der Waals surface area contributed by atoms with Crippen LogP contribution in [0.5, 0.6) is 0 Å². The fourth-order valence-electron chi connectivity index (χ4n) is 4.16. The molecule has 0 radical (unpaired) electrons. The Labute approximate surface area is 166 Å². The number of piperidine rings is 1. The second-order valence-electron chi connectivity index (χ2n) is 7.46. The number of nitrogens with zero attached hydrogens (tertiary/aromatic N) is 2. The molecule has 27 heavy (non-hydrogen) atoms. The Hall–Kier alpha value is -1.41. The normalized spacial score (nSPS) is 19.2. The molecule has 0 aliphatic carbocycles. The van der Waals surface area contributed by atoms with Gasteiger partial charge in [0.1, 0.15) is 4.21 Å². The quantitative estimate of drug-likeness (QED) is 0.802. The van der Waals surface area contributed by atoms with E-state index in [0.29, 0.717) is 10.8 Å². The third kappa shape index (κ3) is 4.06. The summed E-state index contributed by atoms with van der Waals surface area (Å²) in [6.45, 7) is 3.53. The molecule has 7 heteroatoms. The first kappa shape index (κ1) is 18.9. The molecule has 1 saturated heterocycles. The van der Waals surface area contributed by atoms with Gasteiger partial charge in [0, 0.05) is 31.9 Å². The number of anilines is 1. The van der Waals surface area contributed by atoms with Crippen molar-refractivity contribution in [3.8, 4) is 0 Å². The molecule has 146 valence electrons. The molecular weight excluding hydrogens is 378 g/mol. The molecule has 2 aromatic rings. The van der Waals surface area contributed by atoms with Gasteiger partial charge in [0.25, 0.3) is 0 Å². The fourth-order valence-corrected chi connectivity index (χ4v) is 6.23. The second-order valence-corrected chi connectivity index (χ2v) is 10.4. The summed E-state index contributed by atoms with van der Waals surface area (Å²) < 4.78 is 28.5. The number of hydrogen-bond donors (Lipinski definition) is 1. The van der Waals surface area contributed by atoms with E-state index in [4.69, 9.17) is 0 Å². The lowest BCUT2D eigenvalue weighted by Gasteiger charge is -2.35. The van der Waals surface area contributed by atoms with E-state index < -0.39 is 10.0 Å². The standard InChI is InChI=1S/C20H27N3O2S2/c1-22-12-9-17-14-16(7-8-18(17)22)19(23-10-3-2-4-11-23)15-21-27(24,25)20-6-5-13-26-20/h5-8,13-14,19,21H,2-4,9-12,15H2,1H3/t19-/m0/s1. The predicted octanol–water partition coefficient (Wildman–Crippen LogP) is 3.25. The lowest BCUT2D eigenvalue weighted by atomic mass is 9.99. The number of fused-ring (bicyclic) bond motifs is 1. The largest absolute Gasteiger partial charge is 0.374 e. The van der Waals surface area contributed by atoms with Crippen LogP contribution in [0.4, 0.5) is 5.69 Å². The zero-order chi connectivity index (χ0) is 18.9. The van der Waals surface area contributed by atoms with E-state index >= 15 is 0 Å². The number of rotatable bonds is 6. The first-order valence-corrected chi connectivity index (χ1v) is 12.0. The van der Waals surface area contributed by atoms with Crippen molar-refractivity contribution in [2.75, 3.05) is 38.1 Å². The molecule has 3 heterocycles. The van der Waals surface area contributed by atoms with Gasteiger partial charge in [-0.3, -0.25) is 4.90 Å². The summed E-state index contributed by atoms with van der Waals surface area (Å²) in [5, 5.41) is 1.80. The summed E-state index contributed by atoms with van der Waals surface area (Å²) in [4.78, 5) is 4.73. The van der Waals surface area contributed by atoms with Crippen LogP contribution in [0.2, 0.25) is 0 Å². The summed E-state index contributed by atoms with van der Waals surface area (Å²) in [6.07, 6.45) is 4.69. The maximum absolute atomic E-state index is 12.6. The van der Waals surface area contributed by atoms with Crippen molar-refractivity contribution in [1.82, 2.24) is 9.62 Å². The summed E-state index contributed by atoms with van der Waals surface area (Å²) in [5.74, 6) is 0. The minimum absolute atomic E-state index is 0.0799. The second kappa shape index (κ2) is 7.91. The van der Waals surface area contributed by atoms with Crippen molar-refractivity contribution in [2.24, 2.45) is 0 Å². The van der Waals surface area contributed by atoms with Gasteiger partial charge in [0.15, 0.2) is 0 Å². The van der Waals surface area contributed by atoms with Gasteiger partial charge in [0.2, 0.25) is 10.0 Å². The van der Waals surface area contributed by atoms with Crippen molar-refractivity contribution < 1.29 is 8.42 Å². The van der Waals surface area contributed by atoms with Crippen LogP contribution in [0.25, 0.3) is 0 Å². The van der Waals surface area contributed by atoms with Crippen LogP contribution in [0.3, 0.4) is 0 Å². The Kier molecular flexibility index (Phi) is 5.55. The molecule has 1 aromatic carbocycles. The zero-order valence-electron chi connectivity index (χ0n) is 15.7. The topological polar surface area (TPSA) is 52.7 Å². The van der Waals surface area contributed by atoms with Crippen molar-refractivity contribution >= 4 is 27.0 Å². The Balaban J connectivity index is 1.58. The van der Waals surface area contributed by atoms with Gasteiger partial charge in [-0.25, -0.2) is 13.1 Å². The first-order valence-electron chi connectivity index (χ1n) is 9.66. The van der Waals surface area contributed by atoms with Crippen molar-refractivity contribution in [3.05, 3.63) is 46.8 Å². The Morgan fingerprint density at radius 1 is 1.15 bits per heavy atom. The third-order valence-corrected chi connectivity index (χ3v) is 8.50. The molecule has 0 spiro atoms. The van der Waals surface area contributed by atoms with E-state index in [-0.39, 0.29) is 6.04 Å². The lowest BCUT2D eigenvalue weighted by Crippen LogP contribution is -2.40. The molecule has 1 atom stereocenters. The van der Waals surface area contributed by atoms with Crippen LogP contribution in [0.1, 0.15) is 36.4 Å². The minimum Gasteiger partial charge on any atom is -0.374 e. The SMILES string of the molecule is CN1CCc2cc([C@H](CNS(=O)(=O)c3cccs3)N3CCCCC3)ccc21. The molecule has 1 aromatic heterocycles. The van der Waals surface area contributed by atoms with E-state index in [9.17, 15) is 8.42 Å². The van der Waals surface area contributed by atoms with Crippen LogP contribution in [-0.2, 0) is 16.4 Å². The van der Waals surface area contributed by atoms with Crippen LogP contribution in [0.15, 0.2) is 39.9 Å². The smallest absolute Gasteiger partial charge is 0.250 e. The van der Waals surface area contributed by atoms with Crippen molar-refractivity contribution in [3.63, 3.8) is 0 Å². The summed E-state index contributed by atoms with van der Waals surface area (Å²) in [6, 6.07) is 10.2. The highest BCUT2D eigenvalue weighted by Crippen LogP contribution is 2.32. The number of benzene rings is 1. The van der Waals surface area contributed by atoms with Gasteiger partial charge in [-0.15, -0.1) is 11.3 Å². The molecule has 0 unspecified atom stereocenters. The van der Waals surface area contributed by atoms with Gasteiger partial charge in [-0.1, -0.05) is 24.6 Å². The molecule has 5 nitrogen and oxygen atoms in total. The van der Waals surface area contributed by atoms with E-state index in [1.807, 2.05) is 0 Å². The number of hydrogen-bond acceptors (Lipinski definition) is 5. The Morgan fingerprint density at radius 3 is 2.70 bits per heavy atom. The van der Waals surface area contributed by atoms with Gasteiger partial charge >= 0.3 is 0 Å². The lowest BCUT2D eigenvalue weighted by molar-refractivity contribution is 0.164. The fraction of sp³-hybridized carbons (Fsp3) is 0.500. The molecule has 2 aliphatic heterocycles. The highest BCUT2D eigenvalue weighted by molar-refractivity contribution is 7.91. The average molecular weight is 406 g/mol. The Morgan fingerprint density at radius 2 is 1.96 bits per heavy atom. The van der Waals surface area contributed by atoms with Crippen molar-refractivity contribution in [1.29, 1.82) is 0 Å². The number of sulfonamides is 1. The van der Waals surface area contributed by atoms with Gasteiger partial charge < -0.3 is 4.90 Å². The maximum Gasteiger partial charge on any atom is 0.250 e. The minimum atomic E-state index is -3.45. The first-order chi connectivity index (χ1) is 13.0. The number of likely N-dealkylation sites (N-methyl/N-ethyl adjacent to an activating group) is 1. The van der Waals surface area contributed by atoms with Gasteiger partial charge in [-0.2, -0.15) is 0 Å². The molecule has 2 aliphatic rings. The number of nitrogens with one attached hydrogen (secondary N) is 1. The highest BCUT2D eigenvalue weighted by Gasteiger charge is 2.26. The van der Waals surface area contributed by atoms with Gasteiger partial charge in [0.05, 0.1) is 0 Å². The van der Waals surface area contributed by atoms with E-state index in [1.165, 1.54) is 47.4 Å². The molecule has 4 rings (SSSR count). The summed E-state index contributed by atoms with van der Waals surface area (Å²) in [5.41, 5.74) is 3.90. The highest BCUT2D eigenvalue weighted by atomic mass is 32.2. The van der Waals surface area contributed by atoms with E-state index in [1.54, 1.807) is 17.5 Å². The maximum atomic E-state index is 12.6. The molecule has 0 saturated carbocycles. The van der Waals surface area contributed by atoms with Crippen LogP contribution >= 0.6 is 11.3 Å². The molecular formula is C20H27N3O2S2. The van der Waals surface area contributed by atoms with Crippen LogP contribution in [0, 0.1) is 0 Å². The molecule has 0 amide bonds. The molecule has 0 bridgehead atoms. The summed E-state index contributed by atoms with van der Waals surface area (Å²) >= 11 is 1.26. The predicted molar refractivity (Wildman–Crippen MR) is 111 cm³/mol. The van der Waals surface area contributed by atoms with E-state index in [0.717, 1.165) is 26.1 Å². The zero-order valence-corrected chi connectivity index (χ0v) is 17.4. The van der Waals surface area contributed by atoms with Gasteiger partial charge in [-0.05, 0) is 61.0 Å². The van der Waals surface area contributed by atoms with Crippen LogP contribution in [-0.4, -0.2) is 46.5 Å². The van der Waals surface area contributed by atoms with Crippen LogP contribution < -0.4 is 9.62 Å². The molecule has 1 N–H and O–H groups in total.